The fourth-order valence-electron chi connectivity index (χ4n) is 2.08. The van der Waals surface area contributed by atoms with Crippen molar-refractivity contribution < 1.29 is 12.4 Å². The molecule has 3 aromatic heterocycles. The van der Waals surface area contributed by atoms with Crippen LogP contribution in [0.2, 0.25) is 0 Å². The Balaban J connectivity index is 0.00000161. The lowest BCUT2D eigenvalue weighted by Crippen LogP contribution is -3.00. The van der Waals surface area contributed by atoms with Crippen molar-refractivity contribution in [2.24, 2.45) is 0 Å². The number of fused-ring (bicyclic) bond motifs is 1. The molecule has 21 heavy (non-hydrogen) atoms. The molecular weight excluding hydrogens is 304 g/mol. The first kappa shape index (κ1) is 15.7. The van der Waals surface area contributed by atoms with Crippen LogP contribution in [0.1, 0.15) is 23.2 Å². The van der Waals surface area contributed by atoms with Gasteiger partial charge in [-0.3, -0.25) is 4.98 Å². The molecular formula is C15H16ClN4S-. The molecule has 0 unspecified atom stereocenters. The Morgan fingerprint density at radius 2 is 2.14 bits per heavy atom. The number of hydrogen-bond donors (Lipinski definition) is 1. The van der Waals surface area contributed by atoms with E-state index < -0.39 is 0 Å². The quantitative estimate of drug-likeness (QED) is 0.764. The van der Waals surface area contributed by atoms with Gasteiger partial charge >= 0.3 is 0 Å². The van der Waals surface area contributed by atoms with E-state index in [4.69, 9.17) is 0 Å². The first-order valence-electron chi connectivity index (χ1n) is 6.66. The van der Waals surface area contributed by atoms with E-state index in [0.29, 0.717) is 0 Å². The molecule has 3 aromatic rings. The number of nitrogens with zero attached hydrogens (tertiary/aromatic N) is 3. The summed E-state index contributed by atoms with van der Waals surface area (Å²) in [4.78, 5) is 15.6. The lowest BCUT2D eigenvalue weighted by molar-refractivity contribution is -0.00000429. The normalized spacial score (nSPS) is 10.4. The summed E-state index contributed by atoms with van der Waals surface area (Å²) in [7, 11) is 0. The van der Waals surface area contributed by atoms with Gasteiger partial charge in [-0.2, -0.15) is 0 Å². The van der Waals surface area contributed by atoms with Crippen molar-refractivity contribution in [3.05, 3.63) is 46.9 Å². The standard InChI is InChI=1S/C15H16N4S.ClH/c1-3-12-7-13-14(18-10(2)19-15(13)20-12)17-9-11-5-4-6-16-8-11;/h4-8H,3,9H2,1-2H3,(H,17,18,19);1H/p-1. The highest BCUT2D eigenvalue weighted by Gasteiger charge is 2.09. The van der Waals surface area contributed by atoms with E-state index in [1.54, 1.807) is 17.5 Å². The summed E-state index contributed by atoms with van der Waals surface area (Å²) in [5.74, 6) is 1.71. The van der Waals surface area contributed by atoms with Crippen LogP contribution in [0.3, 0.4) is 0 Å². The molecule has 3 heterocycles. The van der Waals surface area contributed by atoms with Gasteiger partial charge in [-0.05, 0) is 31.0 Å². The third kappa shape index (κ3) is 3.49. The summed E-state index contributed by atoms with van der Waals surface area (Å²) >= 11 is 1.74. The lowest BCUT2D eigenvalue weighted by Gasteiger charge is -2.07. The molecule has 0 radical (unpaired) electrons. The maximum absolute atomic E-state index is 4.53. The fraction of sp³-hybridized carbons (Fsp3) is 0.267. The third-order valence-corrected chi connectivity index (χ3v) is 4.26. The molecule has 0 saturated heterocycles. The SMILES string of the molecule is CCc1cc2c(NCc3cccnc3)nc(C)nc2s1.[Cl-]. The number of thiophene rings is 1. The molecule has 110 valence electrons. The molecule has 0 atom stereocenters. The molecule has 0 amide bonds. The largest absolute Gasteiger partial charge is 1.00 e. The highest BCUT2D eigenvalue weighted by atomic mass is 35.5. The van der Waals surface area contributed by atoms with Gasteiger partial charge in [0.05, 0.1) is 5.39 Å². The topological polar surface area (TPSA) is 50.7 Å². The van der Waals surface area contributed by atoms with Crippen LogP contribution in [-0.2, 0) is 13.0 Å². The van der Waals surface area contributed by atoms with Crippen molar-refractivity contribution in [1.82, 2.24) is 15.0 Å². The Hall–Kier alpha value is -1.72. The highest BCUT2D eigenvalue weighted by Crippen LogP contribution is 2.29. The Kier molecular flexibility index (Phi) is 5.09. The highest BCUT2D eigenvalue weighted by molar-refractivity contribution is 7.18. The Morgan fingerprint density at radius 1 is 1.29 bits per heavy atom. The van der Waals surface area contributed by atoms with E-state index in [2.05, 4.69) is 39.3 Å². The minimum Gasteiger partial charge on any atom is -1.00 e. The van der Waals surface area contributed by atoms with E-state index in [9.17, 15) is 0 Å². The number of pyridine rings is 1. The predicted molar refractivity (Wildman–Crippen MR) is 83.1 cm³/mol. The number of aryl methyl sites for hydroxylation is 2. The van der Waals surface area contributed by atoms with Crippen LogP contribution in [0.15, 0.2) is 30.6 Å². The van der Waals surface area contributed by atoms with Gasteiger partial charge < -0.3 is 17.7 Å². The summed E-state index contributed by atoms with van der Waals surface area (Å²) in [5, 5.41) is 4.51. The van der Waals surface area contributed by atoms with E-state index >= 15 is 0 Å². The minimum absolute atomic E-state index is 0. The zero-order valence-corrected chi connectivity index (χ0v) is 13.5. The molecule has 0 aromatic carbocycles. The van der Waals surface area contributed by atoms with Crippen molar-refractivity contribution in [2.75, 3.05) is 5.32 Å². The van der Waals surface area contributed by atoms with Gasteiger partial charge in [0.25, 0.3) is 0 Å². The van der Waals surface area contributed by atoms with Crippen molar-refractivity contribution in [2.45, 2.75) is 26.8 Å². The van der Waals surface area contributed by atoms with Crippen LogP contribution in [0.4, 0.5) is 5.82 Å². The first-order valence-corrected chi connectivity index (χ1v) is 7.47. The van der Waals surface area contributed by atoms with Crippen molar-refractivity contribution >= 4 is 27.4 Å². The van der Waals surface area contributed by atoms with Gasteiger partial charge in [0, 0.05) is 23.8 Å². The van der Waals surface area contributed by atoms with Gasteiger partial charge in [0.2, 0.25) is 0 Å². The first-order chi connectivity index (χ1) is 9.76. The average Bonchev–Trinajstić information content (AvgIpc) is 2.88. The van der Waals surface area contributed by atoms with Crippen LogP contribution < -0.4 is 17.7 Å². The van der Waals surface area contributed by atoms with Crippen molar-refractivity contribution in [1.29, 1.82) is 0 Å². The molecule has 0 aliphatic carbocycles. The fourth-order valence-corrected chi connectivity index (χ4v) is 3.09. The van der Waals surface area contributed by atoms with Gasteiger partial charge in [-0.25, -0.2) is 9.97 Å². The van der Waals surface area contributed by atoms with E-state index in [1.807, 2.05) is 19.2 Å². The second-order valence-electron chi connectivity index (χ2n) is 4.62. The van der Waals surface area contributed by atoms with Crippen LogP contribution in [0.5, 0.6) is 0 Å². The Morgan fingerprint density at radius 3 is 2.86 bits per heavy atom. The van der Waals surface area contributed by atoms with E-state index in [1.165, 1.54) is 4.88 Å². The van der Waals surface area contributed by atoms with E-state index in [-0.39, 0.29) is 12.4 Å². The summed E-state index contributed by atoms with van der Waals surface area (Å²) in [6.07, 6.45) is 4.67. The molecule has 0 aliphatic heterocycles. The van der Waals surface area contributed by atoms with Crippen LogP contribution in [0.25, 0.3) is 10.2 Å². The Labute approximate surface area is 134 Å². The molecule has 4 nitrogen and oxygen atoms in total. The number of halogens is 1. The summed E-state index contributed by atoms with van der Waals surface area (Å²) in [5.41, 5.74) is 1.14. The molecule has 1 N–H and O–H groups in total. The predicted octanol–water partition coefficient (Wildman–Crippen LogP) is 0.573. The number of anilines is 1. The van der Waals surface area contributed by atoms with Gasteiger partial charge in [0.15, 0.2) is 0 Å². The van der Waals surface area contributed by atoms with Crippen LogP contribution in [-0.4, -0.2) is 15.0 Å². The summed E-state index contributed by atoms with van der Waals surface area (Å²) < 4.78 is 0. The summed E-state index contributed by atoms with van der Waals surface area (Å²) in [6.45, 7) is 4.81. The lowest BCUT2D eigenvalue weighted by atomic mass is 10.2. The molecule has 0 fully saturated rings. The smallest absolute Gasteiger partial charge is 0.138 e. The average molecular weight is 320 g/mol. The molecule has 0 bridgehead atoms. The zero-order chi connectivity index (χ0) is 13.9. The molecule has 0 saturated carbocycles. The van der Waals surface area contributed by atoms with Gasteiger partial charge in [-0.15, -0.1) is 11.3 Å². The third-order valence-electron chi connectivity index (χ3n) is 3.09. The van der Waals surface area contributed by atoms with Gasteiger partial charge in [-0.1, -0.05) is 13.0 Å². The van der Waals surface area contributed by atoms with Crippen molar-refractivity contribution in [3.8, 4) is 0 Å². The number of rotatable bonds is 4. The minimum atomic E-state index is 0. The Bertz CT molecular complexity index is 727. The van der Waals surface area contributed by atoms with Gasteiger partial charge in [0.1, 0.15) is 16.5 Å². The monoisotopic (exact) mass is 319 g/mol. The zero-order valence-electron chi connectivity index (χ0n) is 11.9. The molecule has 3 rings (SSSR count). The van der Waals surface area contributed by atoms with Crippen LogP contribution >= 0.6 is 11.3 Å². The second-order valence-corrected chi connectivity index (χ2v) is 5.73. The maximum Gasteiger partial charge on any atom is 0.138 e. The molecule has 0 aliphatic rings. The van der Waals surface area contributed by atoms with Crippen LogP contribution in [0, 0.1) is 6.92 Å². The number of hydrogen-bond acceptors (Lipinski definition) is 5. The molecule has 0 spiro atoms. The second kappa shape index (κ2) is 6.83. The maximum atomic E-state index is 4.53. The number of aromatic nitrogens is 3. The summed E-state index contributed by atoms with van der Waals surface area (Å²) in [6, 6.07) is 6.18. The van der Waals surface area contributed by atoms with Crippen molar-refractivity contribution in [3.63, 3.8) is 0 Å². The van der Waals surface area contributed by atoms with E-state index in [0.717, 1.165) is 40.4 Å². The molecule has 6 heteroatoms. The number of nitrogens with one attached hydrogen (secondary N) is 1.